The van der Waals surface area contributed by atoms with Gasteiger partial charge in [-0.3, -0.25) is 0 Å². The van der Waals surface area contributed by atoms with Crippen molar-refractivity contribution in [3.8, 4) is 5.95 Å². The smallest absolute Gasteiger partial charge is 0.229 e. The van der Waals surface area contributed by atoms with Gasteiger partial charge in [-0.25, -0.2) is 9.67 Å². The van der Waals surface area contributed by atoms with E-state index in [1.54, 1.807) is 17.1 Å². The third-order valence-corrected chi connectivity index (χ3v) is 2.46. The lowest BCUT2D eigenvalue weighted by molar-refractivity contribution is 0.829. The number of aromatic nitrogens is 4. The molecule has 2 heterocycles. The number of hydrogen-bond acceptors (Lipinski definition) is 3. The number of halogens is 1. The maximum Gasteiger partial charge on any atom is 0.229 e. The Bertz CT molecular complexity index is 654. The molecule has 2 aromatic heterocycles. The number of anilines is 1. The Morgan fingerprint density at radius 1 is 1.38 bits per heavy atom. The lowest BCUT2D eigenvalue weighted by Crippen LogP contribution is -1.95. The summed E-state index contributed by atoms with van der Waals surface area (Å²) in [4.78, 5) is 7.48. The predicted molar refractivity (Wildman–Crippen MR) is 62.6 cm³/mol. The van der Waals surface area contributed by atoms with E-state index in [1.807, 2.05) is 18.2 Å². The first-order valence-electron chi connectivity index (χ1n) is 4.68. The van der Waals surface area contributed by atoms with Crippen molar-refractivity contribution in [2.45, 2.75) is 0 Å². The van der Waals surface area contributed by atoms with E-state index in [2.05, 4.69) is 15.1 Å². The first-order valence-corrected chi connectivity index (χ1v) is 5.06. The molecule has 3 N–H and O–H groups in total. The Morgan fingerprint density at radius 3 is 3.00 bits per heavy atom. The Morgan fingerprint density at radius 2 is 2.25 bits per heavy atom. The van der Waals surface area contributed by atoms with Crippen LogP contribution in [0.25, 0.3) is 17.0 Å². The van der Waals surface area contributed by atoms with Crippen molar-refractivity contribution in [3.63, 3.8) is 0 Å². The molecule has 0 spiro atoms. The van der Waals surface area contributed by atoms with Gasteiger partial charge in [0.2, 0.25) is 5.95 Å². The molecule has 0 atom stereocenters. The third-order valence-electron chi connectivity index (χ3n) is 2.26. The predicted octanol–water partition coefficient (Wildman–Crippen LogP) is 1.98. The molecule has 0 saturated heterocycles. The van der Waals surface area contributed by atoms with Crippen molar-refractivity contribution in [2.24, 2.45) is 0 Å². The highest BCUT2D eigenvalue weighted by Crippen LogP contribution is 2.17. The molecule has 0 bridgehead atoms. The maximum absolute atomic E-state index is 5.79. The summed E-state index contributed by atoms with van der Waals surface area (Å²) in [6, 6.07) is 5.50. The highest BCUT2D eigenvalue weighted by molar-refractivity contribution is 6.30. The quantitative estimate of drug-likeness (QED) is 0.632. The molecule has 16 heavy (non-hydrogen) atoms. The zero-order chi connectivity index (χ0) is 11.1. The summed E-state index contributed by atoms with van der Waals surface area (Å²) in [5.74, 6) is 0.618. The zero-order valence-corrected chi connectivity index (χ0v) is 8.94. The summed E-state index contributed by atoms with van der Waals surface area (Å²) in [5.41, 5.74) is 8.10. The molecule has 6 heteroatoms. The Balaban J connectivity index is 2.18. The van der Waals surface area contributed by atoms with Crippen LogP contribution in [0.3, 0.4) is 0 Å². The molecule has 0 fully saturated rings. The summed E-state index contributed by atoms with van der Waals surface area (Å²) in [6.45, 7) is 0. The van der Waals surface area contributed by atoms with Crippen molar-refractivity contribution in [1.29, 1.82) is 0 Å². The van der Waals surface area contributed by atoms with Crippen LogP contribution < -0.4 is 5.73 Å². The standard InChI is InChI=1S/C10H8ClN5/c11-6-4-13-16(5-6)10-14-8-2-1-7(12)3-9(8)15-10/h1-5H,12H2,(H,14,15). The van der Waals surface area contributed by atoms with Gasteiger partial charge in [-0.05, 0) is 18.2 Å². The zero-order valence-electron chi connectivity index (χ0n) is 8.18. The molecule has 0 radical (unpaired) electrons. The number of fused-ring (bicyclic) bond motifs is 1. The van der Waals surface area contributed by atoms with Gasteiger partial charge < -0.3 is 10.7 Å². The minimum absolute atomic E-state index is 0.569. The summed E-state index contributed by atoms with van der Waals surface area (Å²) >= 11 is 5.79. The van der Waals surface area contributed by atoms with Gasteiger partial charge in [0.25, 0.3) is 0 Å². The molecule has 5 nitrogen and oxygen atoms in total. The van der Waals surface area contributed by atoms with Crippen molar-refractivity contribution < 1.29 is 0 Å². The maximum atomic E-state index is 5.79. The first kappa shape index (κ1) is 9.23. The lowest BCUT2D eigenvalue weighted by atomic mass is 10.3. The Hall–Kier alpha value is -2.01. The van der Waals surface area contributed by atoms with Gasteiger partial charge in [-0.15, -0.1) is 0 Å². The normalized spacial score (nSPS) is 11.1. The average molecular weight is 234 g/mol. The highest BCUT2D eigenvalue weighted by Gasteiger charge is 2.05. The molecule has 0 unspecified atom stereocenters. The minimum atomic E-state index is 0.569. The third kappa shape index (κ3) is 1.42. The molecule has 0 saturated carbocycles. The number of imidazole rings is 1. The van der Waals surface area contributed by atoms with Crippen molar-refractivity contribution in [3.05, 3.63) is 35.6 Å². The van der Waals surface area contributed by atoms with E-state index in [0.717, 1.165) is 11.0 Å². The van der Waals surface area contributed by atoms with Crippen LogP contribution in [0, 0.1) is 0 Å². The Labute approximate surface area is 95.8 Å². The van der Waals surface area contributed by atoms with Gasteiger partial charge in [0.05, 0.1) is 28.4 Å². The van der Waals surface area contributed by atoms with Gasteiger partial charge in [0, 0.05) is 5.69 Å². The van der Waals surface area contributed by atoms with E-state index in [0.29, 0.717) is 16.7 Å². The summed E-state index contributed by atoms with van der Waals surface area (Å²) in [5, 5.41) is 4.63. The highest BCUT2D eigenvalue weighted by atomic mass is 35.5. The molecule has 0 aliphatic carbocycles. The second-order valence-corrected chi connectivity index (χ2v) is 3.88. The number of rotatable bonds is 1. The fourth-order valence-corrected chi connectivity index (χ4v) is 1.68. The van der Waals surface area contributed by atoms with E-state index >= 15 is 0 Å². The van der Waals surface area contributed by atoms with Crippen LogP contribution in [0.15, 0.2) is 30.6 Å². The number of aromatic amines is 1. The fraction of sp³-hybridized carbons (Fsp3) is 0. The number of benzene rings is 1. The molecule has 0 aliphatic heterocycles. The summed E-state index contributed by atoms with van der Waals surface area (Å²) < 4.78 is 1.58. The van der Waals surface area contributed by atoms with Gasteiger partial charge in [0.15, 0.2) is 0 Å². The number of nitrogens with zero attached hydrogens (tertiary/aromatic N) is 3. The number of nitrogen functional groups attached to an aromatic ring is 1. The van der Waals surface area contributed by atoms with Crippen LogP contribution in [0.1, 0.15) is 0 Å². The second kappa shape index (κ2) is 3.24. The summed E-state index contributed by atoms with van der Waals surface area (Å²) in [7, 11) is 0. The molecule has 1 aromatic carbocycles. The van der Waals surface area contributed by atoms with Gasteiger partial charge in [-0.2, -0.15) is 5.10 Å². The van der Waals surface area contributed by atoms with Crippen molar-refractivity contribution in [1.82, 2.24) is 19.7 Å². The molecule has 3 rings (SSSR count). The van der Waals surface area contributed by atoms with E-state index < -0.39 is 0 Å². The molecule has 0 aliphatic rings. The van der Waals surface area contributed by atoms with Crippen molar-refractivity contribution >= 4 is 28.3 Å². The molecular formula is C10H8ClN5. The molecule has 3 aromatic rings. The van der Waals surface area contributed by atoms with Crippen LogP contribution in [0.4, 0.5) is 5.69 Å². The van der Waals surface area contributed by atoms with E-state index in [-0.39, 0.29) is 0 Å². The van der Waals surface area contributed by atoms with Crippen LogP contribution in [0.2, 0.25) is 5.02 Å². The summed E-state index contributed by atoms with van der Waals surface area (Å²) in [6.07, 6.45) is 3.24. The molecule has 80 valence electrons. The fourth-order valence-electron chi connectivity index (χ4n) is 1.54. The van der Waals surface area contributed by atoms with Gasteiger partial charge >= 0.3 is 0 Å². The largest absolute Gasteiger partial charge is 0.399 e. The van der Waals surface area contributed by atoms with Crippen LogP contribution in [-0.2, 0) is 0 Å². The monoisotopic (exact) mass is 233 g/mol. The SMILES string of the molecule is Nc1ccc2nc(-n3cc(Cl)cn3)[nH]c2c1. The first-order chi connectivity index (χ1) is 7.72. The minimum Gasteiger partial charge on any atom is -0.399 e. The van der Waals surface area contributed by atoms with Crippen LogP contribution >= 0.6 is 11.6 Å². The number of nitrogens with one attached hydrogen (secondary N) is 1. The van der Waals surface area contributed by atoms with Crippen LogP contribution in [-0.4, -0.2) is 19.7 Å². The topological polar surface area (TPSA) is 72.5 Å². The Kier molecular flexibility index (Phi) is 1.87. The van der Waals surface area contributed by atoms with E-state index in [4.69, 9.17) is 17.3 Å². The molecule has 0 amide bonds. The number of nitrogens with two attached hydrogens (primary N) is 1. The number of H-pyrrole nitrogens is 1. The second-order valence-electron chi connectivity index (χ2n) is 3.44. The molecular weight excluding hydrogens is 226 g/mol. The average Bonchev–Trinajstić information content (AvgIpc) is 2.83. The van der Waals surface area contributed by atoms with Crippen LogP contribution in [0.5, 0.6) is 0 Å². The van der Waals surface area contributed by atoms with Gasteiger partial charge in [-0.1, -0.05) is 11.6 Å². The van der Waals surface area contributed by atoms with E-state index in [1.165, 1.54) is 0 Å². The van der Waals surface area contributed by atoms with Crippen molar-refractivity contribution in [2.75, 3.05) is 5.73 Å². The van der Waals surface area contributed by atoms with Gasteiger partial charge in [0.1, 0.15) is 0 Å². The van der Waals surface area contributed by atoms with E-state index in [9.17, 15) is 0 Å². The lowest BCUT2D eigenvalue weighted by Gasteiger charge is -1.91. The number of hydrogen-bond donors (Lipinski definition) is 2.